The Morgan fingerprint density at radius 3 is 2.40 bits per heavy atom. The molecule has 5 heteroatoms. The second-order valence-corrected chi connectivity index (χ2v) is 7.27. The first-order valence-electron chi connectivity index (χ1n) is 9.67. The molecule has 0 aliphatic carbocycles. The van der Waals surface area contributed by atoms with Gasteiger partial charge in [-0.25, -0.2) is 4.68 Å². The molecule has 0 saturated carbocycles. The van der Waals surface area contributed by atoms with Crippen molar-refractivity contribution in [2.45, 2.75) is 13.5 Å². The summed E-state index contributed by atoms with van der Waals surface area (Å²) in [6.07, 6.45) is 7.43. The molecule has 0 spiro atoms. The summed E-state index contributed by atoms with van der Waals surface area (Å²) in [6, 6.07) is 20.2. The third-order valence-electron chi connectivity index (χ3n) is 4.79. The van der Waals surface area contributed by atoms with Crippen molar-refractivity contribution in [1.82, 2.24) is 20.0 Å². The fourth-order valence-electron chi connectivity index (χ4n) is 3.29. The van der Waals surface area contributed by atoms with E-state index in [1.807, 2.05) is 78.4 Å². The Hall–Kier alpha value is -3.50. The second-order valence-electron chi connectivity index (χ2n) is 6.89. The third-order valence-corrected chi connectivity index (χ3v) is 5.16. The second kappa shape index (κ2) is 8.89. The van der Waals surface area contributed by atoms with E-state index < -0.39 is 0 Å². The zero-order chi connectivity index (χ0) is 20.9. The number of hydrogen-bond donors (Lipinski definition) is 0. The van der Waals surface area contributed by atoms with Gasteiger partial charge in [-0.3, -0.25) is 0 Å². The van der Waals surface area contributed by atoms with Gasteiger partial charge in [-0.05, 0) is 18.1 Å². The lowest BCUT2D eigenvalue weighted by Crippen LogP contribution is -2.04. The topological polar surface area (TPSA) is 43.6 Å². The standard InChI is InChI=1S/C25H21ClN4/c1-3-4-7-12-18(2)23-22(26)21-24(20-15-10-6-11-16-20)29-30(25(21)28-27-23)17-19-13-8-5-9-14-19/h3-16H,1,17H2,2H3/b7-4-,18-12+. The highest BCUT2D eigenvalue weighted by atomic mass is 35.5. The molecule has 0 amide bonds. The monoisotopic (exact) mass is 412 g/mol. The molecule has 4 aromatic rings. The summed E-state index contributed by atoms with van der Waals surface area (Å²) in [5.74, 6) is 0. The SMILES string of the molecule is C=C/C=C\C=C(/C)c1nnc2c(c(-c3ccccc3)nn2Cc2ccccc2)c1Cl. The Kier molecular flexibility index (Phi) is 5.87. The maximum Gasteiger partial charge on any atom is 0.182 e. The molecule has 0 aliphatic rings. The average molecular weight is 413 g/mol. The summed E-state index contributed by atoms with van der Waals surface area (Å²) in [5.41, 5.74) is 5.16. The van der Waals surface area contributed by atoms with Crippen LogP contribution in [-0.4, -0.2) is 20.0 Å². The van der Waals surface area contributed by atoms with Crippen molar-refractivity contribution < 1.29 is 0 Å². The van der Waals surface area contributed by atoms with Crippen molar-refractivity contribution >= 4 is 28.2 Å². The molecule has 0 radical (unpaired) electrons. The minimum absolute atomic E-state index is 0.555. The number of nitrogens with zero attached hydrogens (tertiary/aromatic N) is 4. The van der Waals surface area contributed by atoms with E-state index >= 15 is 0 Å². The fraction of sp³-hybridized carbons (Fsp3) is 0.0800. The van der Waals surface area contributed by atoms with E-state index in [1.54, 1.807) is 6.08 Å². The first-order chi connectivity index (χ1) is 14.7. The molecule has 2 heterocycles. The lowest BCUT2D eigenvalue weighted by Gasteiger charge is -2.06. The largest absolute Gasteiger partial charge is 0.241 e. The van der Waals surface area contributed by atoms with Crippen LogP contribution in [0.25, 0.3) is 27.9 Å². The molecule has 4 rings (SSSR count). The summed E-state index contributed by atoms with van der Waals surface area (Å²) in [7, 11) is 0. The zero-order valence-electron chi connectivity index (χ0n) is 16.7. The fourth-order valence-corrected chi connectivity index (χ4v) is 3.65. The molecule has 0 aliphatic heterocycles. The summed E-state index contributed by atoms with van der Waals surface area (Å²) in [6.45, 7) is 6.24. The highest BCUT2D eigenvalue weighted by Gasteiger charge is 2.20. The number of rotatable bonds is 6. The van der Waals surface area contributed by atoms with Gasteiger partial charge in [0, 0.05) is 5.56 Å². The molecule has 30 heavy (non-hydrogen) atoms. The van der Waals surface area contributed by atoms with Crippen molar-refractivity contribution in [3.63, 3.8) is 0 Å². The van der Waals surface area contributed by atoms with Gasteiger partial charge in [-0.2, -0.15) is 5.10 Å². The quantitative estimate of drug-likeness (QED) is 0.347. The number of hydrogen-bond acceptors (Lipinski definition) is 3. The van der Waals surface area contributed by atoms with Crippen LogP contribution < -0.4 is 0 Å². The van der Waals surface area contributed by atoms with Crippen LogP contribution in [0.3, 0.4) is 0 Å². The number of fused-ring (bicyclic) bond motifs is 1. The van der Waals surface area contributed by atoms with E-state index in [0.29, 0.717) is 22.9 Å². The number of benzene rings is 2. The number of allylic oxidation sites excluding steroid dienone is 5. The number of aromatic nitrogens is 4. The van der Waals surface area contributed by atoms with E-state index in [0.717, 1.165) is 27.8 Å². The lowest BCUT2D eigenvalue weighted by atomic mass is 10.1. The summed E-state index contributed by atoms with van der Waals surface area (Å²) >= 11 is 6.88. The van der Waals surface area contributed by atoms with E-state index in [-0.39, 0.29) is 0 Å². The first kappa shape index (κ1) is 19.8. The zero-order valence-corrected chi connectivity index (χ0v) is 17.4. The molecule has 0 unspecified atom stereocenters. The highest BCUT2D eigenvalue weighted by molar-refractivity contribution is 6.37. The van der Waals surface area contributed by atoms with Crippen LogP contribution in [0, 0.1) is 0 Å². The molecule has 148 valence electrons. The molecule has 2 aromatic carbocycles. The van der Waals surface area contributed by atoms with Gasteiger partial charge in [-0.15, -0.1) is 10.2 Å². The molecule has 2 aromatic heterocycles. The average Bonchev–Trinajstić information content (AvgIpc) is 3.14. The maximum atomic E-state index is 6.88. The molecule has 0 bridgehead atoms. The van der Waals surface area contributed by atoms with Crippen LogP contribution in [0.15, 0.2) is 91.5 Å². The van der Waals surface area contributed by atoms with Crippen molar-refractivity contribution in [1.29, 1.82) is 0 Å². The molecule has 0 fully saturated rings. The lowest BCUT2D eigenvalue weighted by molar-refractivity contribution is 0.701. The van der Waals surface area contributed by atoms with E-state index in [9.17, 15) is 0 Å². The predicted molar refractivity (Wildman–Crippen MR) is 124 cm³/mol. The van der Waals surface area contributed by atoms with E-state index in [2.05, 4.69) is 28.9 Å². The van der Waals surface area contributed by atoms with Gasteiger partial charge in [-0.1, -0.05) is 103 Å². The van der Waals surface area contributed by atoms with Crippen molar-refractivity contribution in [2.24, 2.45) is 0 Å². The van der Waals surface area contributed by atoms with Gasteiger partial charge in [0.2, 0.25) is 0 Å². The predicted octanol–water partition coefficient (Wildman–Crippen LogP) is 6.34. The summed E-state index contributed by atoms with van der Waals surface area (Å²) < 4.78 is 1.87. The summed E-state index contributed by atoms with van der Waals surface area (Å²) in [4.78, 5) is 0. The van der Waals surface area contributed by atoms with Crippen molar-refractivity contribution in [3.05, 3.63) is 108 Å². The molecule has 0 atom stereocenters. The number of halogens is 1. The first-order valence-corrected chi connectivity index (χ1v) is 10.0. The molecular formula is C25H21ClN4. The minimum Gasteiger partial charge on any atom is -0.241 e. The molecule has 0 N–H and O–H groups in total. The van der Waals surface area contributed by atoms with Crippen LogP contribution in [0.2, 0.25) is 5.02 Å². The third kappa shape index (κ3) is 3.95. The molecular weight excluding hydrogens is 392 g/mol. The van der Waals surface area contributed by atoms with Gasteiger partial charge < -0.3 is 0 Å². The Bertz CT molecular complexity index is 1240. The van der Waals surface area contributed by atoms with Crippen LogP contribution >= 0.6 is 11.6 Å². The Morgan fingerprint density at radius 1 is 1.00 bits per heavy atom. The van der Waals surface area contributed by atoms with Crippen LogP contribution in [0.4, 0.5) is 0 Å². The van der Waals surface area contributed by atoms with Crippen LogP contribution in [0.1, 0.15) is 18.2 Å². The smallest absolute Gasteiger partial charge is 0.182 e. The Balaban J connectivity index is 1.91. The molecule has 4 nitrogen and oxygen atoms in total. The normalized spacial score (nSPS) is 12.0. The van der Waals surface area contributed by atoms with Crippen molar-refractivity contribution in [3.8, 4) is 11.3 Å². The van der Waals surface area contributed by atoms with Gasteiger partial charge in [0.15, 0.2) is 5.65 Å². The van der Waals surface area contributed by atoms with Gasteiger partial charge in [0.1, 0.15) is 11.4 Å². The Morgan fingerprint density at radius 2 is 1.70 bits per heavy atom. The van der Waals surface area contributed by atoms with Gasteiger partial charge >= 0.3 is 0 Å². The van der Waals surface area contributed by atoms with E-state index in [4.69, 9.17) is 16.7 Å². The highest BCUT2D eigenvalue weighted by Crippen LogP contribution is 2.35. The van der Waals surface area contributed by atoms with Crippen LogP contribution in [-0.2, 0) is 6.54 Å². The van der Waals surface area contributed by atoms with Crippen molar-refractivity contribution in [2.75, 3.05) is 0 Å². The van der Waals surface area contributed by atoms with Gasteiger partial charge in [0.05, 0.1) is 17.0 Å². The Labute approximate surface area is 180 Å². The minimum atomic E-state index is 0.555. The maximum absolute atomic E-state index is 6.88. The molecule has 0 saturated heterocycles. The van der Waals surface area contributed by atoms with Gasteiger partial charge in [0.25, 0.3) is 0 Å². The van der Waals surface area contributed by atoms with E-state index in [1.165, 1.54) is 0 Å². The summed E-state index contributed by atoms with van der Waals surface area (Å²) in [5, 5.41) is 15.2. The van der Waals surface area contributed by atoms with Crippen LogP contribution in [0.5, 0.6) is 0 Å².